The Kier molecular flexibility index (Phi) is 5.78. The number of benzene rings is 1. The van der Waals surface area contributed by atoms with Crippen molar-refractivity contribution in [2.75, 3.05) is 7.05 Å². The van der Waals surface area contributed by atoms with Gasteiger partial charge in [0.15, 0.2) is 0 Å². The third-order valence-electron chi connectivity index (χ3n) is 4.90. The predicted octanol–water partition coefficient (Wildman–Crippen LogP) is 4.22. The number of thiazole rings is 1. The number of hydrogen-bond acceptors (Lipinski definition) is 6. The predicted molar refractivity (Wildman–Crippen MR) is 116 cm³/mol. The minimum Gasteiger partial charge on any atom is -0.468 e. The van der Waals surface area contributed by atoms with Gasteiger partial charge in [-0.2, -0.15) is 9.40 Å². The summed E-state index contributed by atoms with van der Waals surface area (Å²) in [7, 11) is -2.24. The normalized spacial score (nSPS) is 12.0. The Morgan fingerprint density at radius 2 is 1.94 bits per heavy atom. The van der Waals surface area contributed by atoms with E-state index >= 15 is 0 Å². The molecule has 7 nitrogen and oxygen atoms in total. The average molecular weight is 461 g/mol. The van der Waals surface area contributed by atoms with Gasteiger partial charge in [-0.05, 0) is 50.2 Å². The van der Waals surface area contributed by atoms with Crippen LogP contribution in [0.15, 0.2) is 57.4 Å². The number of halogens is 1. The molecule has 162 valence electrons. The van der Waals surface area contributed by atoms with Crippen molar-refractivity contribution >= 4 is 21.4 Å². The smallest absolute Gasteiger partial charge is 0.246 e. The molecule has 0 aliphatic heterocycles. The van der Waals surface area contributed by atoms with Crippen molar-refractivity contribution in [3.8, 4) is 10.6 Å². The summed E-state index contributed by atoms with van der Waals surface area (Å²) in [6, 6.07) is 9.61. The van der Waals surface area contributed by atoms with Crippen LogP contribution in [0.5, 0.6) is 0 Å². The summed E-state index contributed by atoms with van der Waals surface area (Å²) < 4.78 is 47.7. The van der Waals surface area contributed by atoms with Gasteiger partial charge in [-0.25, -0.2) is 17.8 Å². The fraction of sp³-hybridized carbons (Fsp3) is 0.238. The Labute approximate surface area is 183 Å². The van der Waals surface area contributed by atoms with Gasteiger partial charge < -0.3 is 4.42 Å². The molecule has 4 aromatic rings. The fourth-order valence-corrected chi connectivity index (χ4v) is 5.65. The molecule has 0 amide bonds. The lowest BCUT2D eigenvalue weighted by Crippen LogP contribution is -2.27. The van der Waals surface area contributed by atoms with Gasteiger partial charge in [-0.15, -0.1) is 11.3 Å². The number of rotatable bonds is 7. The van der Waals surface area contributed by atoms with Crippen LogP contribution in [0.25, 0.3) is 10.6 Å². The number of aromatic nitrogens is 3. The zero-order valence-corrected chi connectivity index (χ0v) is 18.9. The van der Waals surface area contributed by atoms with E-state index in [1.54, 1.807) is 42.8 Å². The molecular formula is C21H21FN4O3S2. The molecule has 0 atom stereocenters. The van der Waals surface area contributed by atoms with Gasteiger partial charge in [0.05, 0.1) is 36.4 Å². The summed E-state index contributed by atoms with van der Waals surface area (Å²) in [5, 5.41) is 7.11. The van der Waals surface area contributed by atoms with Gasteiger partial charge >= 0.3 is 0 Å². The van der Waals surface area contributed by atoms with Crippen LogP contribution in [0, 0.1) is 19.7 Å². The lowest BCUT2D eigenvalue weighted by atomic mass is 10.2. The Balaban J connectivity index is 1.58. The van der Waals surface area contributed by atoms with Gasteiger partial charge in [-0.1, -0.05) is 0 Å². The molecule has 0 bridgehead atoms. The van der Waals surface area contributed by atoms with E-state index in [2.05, 4.69) is 10.1 Å². The quantitative estimate of drug-likeness (QED) is 0.412. The second-order valence-corrected chi connectivity index (χ2v) is 9.99. The molecule has 3 aromatic heterocycles. The molecule has 0 spiro atoms. The maximum absolute atomic E-state index is 13.2. The minimum absolute atomic E-state index is 0.131. The largest absolute Gasteiger partial charge is 0.468 e. The molecule has 0 saturated heterocycles. The van der Waals surface area contributed by atoms with Crippen LogP contribution in [0.1, 0.15) is 22.8 Å². The van der Waals surface area contributed by atoms with Crippen molar-refractivity contribution in [1.82, 2.24) is 19.1 Å². The summed E-state index contributed by atoms with van der Waals surface area (Å²) in [5.74, 6) is 0.262. The molecule has 0 aliphatic carbocycles. The summed E-state index contributed by atoms with van der Waals surface area (Å²) >= 11 is 1.45. The van der Waals surface area contributed by atoms with Crippen LogP contribution in [-0.4, -0.2) is 34.5 Å². The second kappa shape index (κ2) is 8.37. The molecule has 0 radical (unpaired) electrons. The highest BCUT2D eigenvalue weighted by Gasteiger charge is 2.29. The molecule has 1 aromatic carbocycles. The van der Waals surface area contributed by atoms with E-state index < -0.39 is 10.0 Å². The first-order chi connectivity index (χ1) is 14.8. The molecule has 0 unspecified atom stereocenters. The zero-order valence-electron chi connectivity index (χ0n) is 17.2. The van der Waals surface area contributed by atoms with Gasteiger partial charge in [0.25, 0.3) is 0 Å². The Morgan fingerprint density at radius 3 is 2.61 bits per heavy atom. The average Bonchev–Trinajstić information content (AvgIpc) is 3.45. The molecule has 4 rings (SSSR count). The summed E-state index contributed by atoms with van der Waals surface area (Å²) in [6.45, 7) is 3.89. The molecule has 0 saturated carbocycles. The van der Waals surface area contributed by atoms with E-state index in [4.69, 9.17) is 4.42 Å². The Bertz CT molecular complexity index is 1290. The lowest BCUT2D eigenvalue weighted by Gasteiger charge is -2.16. The van der Waals surface area contributed by atoms with Crippen molar-refractivity contribution in [2.24, 2.45) is 0 Å². The first-order valence-corrected chi connectivity index (χ1v) is 11.8. The van der Waals surface area contributed by atoms with Crippen molar-refractivity contribution in [2.45, 2.75) is 31.8 Å². The van der Waals surface area contributed by atoms with Gasteiger partial charge in [-0.3, -0.25) is 4.68 Å². The minimum atomic E-state index is -3.75. The Morgan fingerprint density at radius 1 is 1.19 bits per heavy atom. The van der Waals surface area contributed by atoms with Gasteiger partial charge in [0.1, 0.15) is 21.5 Å². The van der Waals surface area contributed by atoms with Gasteiger partial charge in [0.2, 0.25) is 10.0 Å². The van der Waals surface area contributed by atoms with Crippen LogP contribution in [0.3, 0.4) is 0 Å². The SMILES string of the molecule is Cc1nn(Cc2csc(-c3ccc(F)cc3)n2)c(C)c1S(=O)(=O)N(C)Cc1ccco1. The van der Waals surface area contributed by atoms with E-state index in [1.165, 1.54) is 41.1 Å². The molecule has 0 aliphatic rings. The summed E-state index contributed by atoms with van der Waals surface area (Å²) in [4.78, 5) is 4.79. The molecule has 3 heterocycles. The number of nitrogens with zero attached hydrogens (tertiary/aromatic N) is 4. The monoisotopic (exact) mass is 460 g/mol. The summed E-state index contributed by atoms with van der Waals surface area (Å²) in [6.07, 6.45) is 1.51. The lowest BCUT2D eigenvalue weighted by molar-refractivity contribution is 0.406. The third kappa shape index (κ3) is 4.32. The molecule has 10 heteroatoms. The van der Waals surface area contributed by atoms with Crippen LogP contribution < -0.4 is 0 Å². The number of aryl methyl sites for hydroxylation is 1. The fourth-order valence-electron chi connectivity index (χ4n) is 3.33. The number of furan rings is 1. The van der Waals surface area contributed by atoms with E-state index in [0.29, 0.717) is 23.7 Å². The van der Waals surface area contributed by atoms with E-state index in [0.717, 1.165) is 16.3 Å². The molecule has 0 fully saturated rings. The summed E-state index contributed by atoms with van der Waals surface area (Å²) in [5.41, 5.74) is 2.55. The molecular weight excluding hydrogens is 439 g/mol. The highest BCUT2D eigenvalue weighted by molar-refractivity contribution is 7.89. The first-order valence-electron chi connectivity index (χ1n) is 9.49. The number of sulfonamides is 1. The van der Waals surface area contributed by atoms with E-state index in [-0.39, 0.29) is 17.3 Å². The third-order valence-corrected chi connectivity index (χ3v) is 7.89. The van der Waals surface area contributed by atoms with Crippen LogP contribution >= 0.6 is 11.3 Å². The van der Waals surface area contributed by atoms with Crippen molar-refractivity contribution < 1.29 is 17.2 Å². The number of hydrogen-bond donors (Lipinski definition) is 0. The topological polar surface area (TPSA) is 81.2 Å². The second-order valence-electron chi connectivity index (χ2n) is 7.15. The molecule has 31 heavy (non-hydrogen) atoms. The molecule has 0 N–H and O–H groups in total. The maximum atomic E-state index is 13.2. The standard InChI is InChI=1S/C21H21FN4O3S2/c1-14-20(31(27,28)25(3)12-19-5-4-10-29-19)15(2)26(24-14)11-18-13-30-21(23-18)16-6-8-17(22)9-7-16/h4-10,13H,11-12H2,1-3H3. The highest BCUT2D eigenvalue weighted by atomic mass is 32.2. The van der Waals surface area contributed by atoms with Gasteiger partial charge in [0, 0.05) is 18.0 Å². The first kappa shape index (κ1) is 21.4. The van der Waals surface area contributed by atoms with Crippen molar-refractivity contribution in [3.63, 3.8) is 0 Å². The van der Waals surface area contributed by atoms with Crippen LogP contribution in [-0.2, 0) is 23.1 Å². The zero-order chi connectivity index (χ0) is 22.2. The van der Waals surface area contributed by atoms with Crippen LogP contribution in [0.4, 0.5) is 4.39 Å². The van der Waals surface area contributed by atoms with Crippen molar-refractivity contribution in [1.29, 1.82) is 0 Å². The van der Waals surface area contributed by atoms with Crippen LogP contribution in [0.2, 0.25) is 0 Å². The Hall–Kier alpha value is -2.82. The van der Waals surface area contributed by atoms with E-state index in [1.807, 2.05) is 5.38 Å². The highest BCUT2D eigenvalue weighted by Crippen LogP contribution is 2.27. The van der Waals surface area contributed by atoms with E-state index in [9.17, 15) is 12.8 Å². The maximum Gasteiger partial charge on any atom is 0.246 e. The van der Waals surface area contributed by atoms with Crippen molar-refractivity contribution in [3.05, 3.63) is 76.7 Å².